The molecule has 1 aliphatic heterocycles. The summed E-state index contributed by atoms with van der Waals surface area (Å²) in [6.07, 6.45) is 2.63. The molecule has 1 unspecified atom stereocenters. The van der Waals surface area contributed by atoms with Gasteiger partial charge in [-0.05, 0) is 0 Å². The van der Waals surface area contributed by atoms with Crippen LogP contribution in [0.5, 0.6) is 0 Å². The lowest BCUT2D eigenvalue weighted by molar-refractivity contribution is -0.154. The van der Waals surface area contributed by atoms with Crippen LogP contribution >= 0.6 is 0 Å². The molecule has 25 heavy (non-hydrogen) atoms. The number of cyclic esters (lactones) is 2. The van der Waals surface area contributed by atoms with Crippen molar-refractivity contribution >= 4 is 29.8 Å². The van der Waals surface area contributed by atoms with Crippen LogP contribution in [0.4, 0.5) is 0 Å². The Morgan fingerprint density at radius 1 is 1.28 bits per heavy atom. The lowest BCUT2D eigenvalue weighted by Gasteiger charge is -1.93. The zero-order valence-corrected chi connectivity index (χ0v) is 13.4. The topological polar surface area (TPSA) is 154 Å². The largest absolute Gasteiger partial charge is 0.478 e. The van der Waals surface area contributed by atoms with Gasteiger partial charge in [-0.15, -0.1) is 0 Å². The maximum absolute atomic E-state index is 10.5. The molecule has 0 aromatic rings. The number of carbonyl (C=O) groups excluding carboxylic acids is 4. The summed E-state index contributed by atoms with van der Waals surface area (Å²) in [6, 6.07) is 0. The number of aliphatic hydroxyl groups is 1. The van der Waals surface area contributed by atoms with Gasteiger partial charge in [-0.1, -0.05) is 19.2 Å². The Labute approximate surface area is 143 Å². The molecule has 0 aromatic heterocycles. The number of carboxylic acid groups (broad SMARTS) is 1. The second-order valence-corrected chi connectivity index (χ2v) is 3.88. The van der Waals surface area contributed by atoms with E-state index < -0.39 is 30.0 Å². The predicted octanol–water partition coefficient (Wildman–Crippen LogP) is -0.130. The van der Waals surface area contributed by atoms with Crippen LogP contribution in [-0.2, 0) is 38.2 Å². The first kappa shape index (κ1) is 24.0. The van der Waals surface area contributed by atoms with Gasteiger partial charge in [-0.3, -0.25) is 9.59 Å². The normalized spacial score (nSPS) is 14.9. The van der Waals surface area contributed by atoms with Gasteiger partial charge in [0.2, 0.25) is 0 Å². The van der Waals surface area contributed by atoms with Gasteiger partial charge in [0.1, 0.15) is 6.61 Å². The Kier molecular flexibility index (Phi) is 13.8. The van der Waals surface area contributed by atoms with Gasteiger partial charge < -0.3 is 24.4 Å². The van der Waals surface area contributed by atoms with E-state index >= 15 is 0 Å². The Morgan fingerprint density at radius 3 is 2.12 bits per heavy atom. The maximum Gasteiger partial charge on any atom is 0.343 e. The van der Waals surface area contributed by atoms with E-state index in [1.807, 2.05) is 0 Å². The lowest BCUT2D eigenvalue weighted by atomic mass is 10.3. The van der Waals surface area contributed by atoms with Gasteiger partial charge in [0.25, 0.3) is 0 Å². The number of hydrogen-bond donors (Lipinski definition) is 2. The molecule has 138 valence electrons. The predicted molar refractivity (Wildman–Crippen MR) is 81.6 cm³/mol. The van der Waals surface area contributed by atoms with E-state index in [1.165, 1.54) is 13.0 Å². The van der Waals surface area contributed by atoms with Crippen molar-refractivity contribution in [2.24, 2.45) is 0 Å². The first-order valence-electron chi connectivity index (χ1n) is 6.53. The van der Waals surface area contributed by atoms with Crippen LogP contribution in [0.25, 0.3) is 0 Å². The molecule has 0 aliphatic carbocycles. The fourth-order valence-corrected chi connectivity index (χ4v) is 0.909. The third-order valence-corrected chi connectivity index (χ3v) is 1.80. The van der Waals surface area contributed by atoms with Crippen molar-refractivity contribution in [3.05, 3.63) is 37.6 Å². The van der Waals surface area contributed by atoms with E-state index in [9.17, 15) is 24.0 Å². The van der Waals surface area contributed by atoms with Crippen LogP contribution in [0.2, 0.25) is 0 Å². The Bertz CT molecular complexity index is 547. The number of aliphatic hydroxyl groups excluding tert-OH is 1. The van der Waals surface area contributed by atoms with Crippen molar-refractivity contribution < 1.29 is 48.4 Å². The van der Waals surface area contributed by atoms with Gasteiger partial charge in [-0.25, -0.2) is 14.4 Å². The van der Waals surface area contributed by atoms with Crippen LogP contribution in [0.15, 0.2) is 37.6 Å². The minimum Gasteiger partial charge on any atom is -0.478 e. The maximum atomic E-state index is 10.5. The van der Waals surface area contributed by atoms with Crippen LogP contribution in [0, 0.1) is 0 Å². The summed E-state index contributed by atoms with van der Waals surface area (Å²) in [6.45, 7) is 7.88. The Balaban J connectivity index is 0. The molecule has 1 rings (SSSR count). The van der Waals surface area contributed by atoms with Crippen molar-refractivity contribution in [3.63, 3.8) is 0 Å². The number of carboxylic acids is 1. The highest BCUT2D eigenvalue weighted by Crippen LogP contribution is 2.05. The second kappa shape index (κ2) is 14.3. The average molecular weight is 358 g/mol. The molecule has 1 aliphatic rings. The summed E-state index contributed by atoms with van der Waals surface area (Å²) in [5, 5.41) is 16.5. The quantitative estimate of drug-likeness (QED) is 0.170. The molecule has 0 bridgehead atoms. The molecular weight excluding hydrogens is 340 g/mol. The third-order valence-electron chi connectivity index (χ3n) is 1.80. The molecule has 2 N–H and O–H groups in total. The molecule has 1 heterocycles. The van der Waals surface area contributed by atoms with E-state index in [0.29, 0.717) is 6.08 Å². The standard InChI is InChI=1S/C7H8O4.C4H4O4.C4H6O2/c1-2-5-11-7(10)4-3-6(8)9;5-2-1-3(6)8-4(2)7;1-3-6-4(2)5/h2-4H,1,5H2,(H,8,9);2,5H,1H2;3H,1H2,2H3. The van der Waals surface area contributed by atoms with Crippen molar-refractivity contribution in [1.82, 2.24) is 0 Å². The summed E-state index contributed by atoms with van der Waals surface area (Å²) in [7, 11) is 0. The highest BCUT2D eigenvalue weighted by atomic mass is 16.6. The van der Waals surface area contributed by atoms with E-state index in [0.717, 1.165) is 12.3 Å². The zero-order valence-electron chi connectivity index (χ0n) is 13.4. The van der Waals surface area contributed by atoms with E-state index in [4.69, 9.17) is 10.2 Å². The molecule has 1 fully saturated rings. The fourth-order valence-electron chi connectivity index (χ4n) is 0.909. The van der Waals surface area contributed by atoms with Gasteiger partial charge in [-0.2, -0.15) is 0 Å². The molecule has 0 aromatic carbocycles. The summed E-state index contributed by atoms with van der Waals surface area (Å²) >= 11 is 0. The van der Waals surface area contributed by atoms with Gasteiger partial charge >= 0.3 is 29.8 Å². The molecular formula is C15H18O10. The molecule has 0 amide bonds. The zero-order chi connectivity index (χ0) is 19.8. The third kappa shape index (κ3) is 16.9. The van der Waals surface area contributed by atoms with Crippen LogP contribution in [-0.4, -0.2) is 52.8 Å². The molecule has 0 saturated carbocycles. The number of aliphatic carboxylic acids is 1. The second-order valence-electron chi connectivity index (χ2n) is 3.88. The van der Waals surface area contributed by atoms with E-state index in [1.54, 1.807) is 0 Å². The SMILES string of the molecule is C=CCOC(=O)C=CC(=O)O.C=COC(C)=O.O=C1CC(O)C(=O)O1. The van der Waals surface area contributed by atoms with E-state index in [2.05, 4.69) is 27.4 Å². The average Bonchev–Trinajstić information content (AvgIpc) is 2.80. The van der Waals surface area contributed by atoms with E-state index in [-0.39, 0.29) is 19.0 Å². The van der Waals surface area contributed by atoms with Crippen molar-refractivity contribution in [3.8, 4) is 0 Å². The molecule has 10 nitrogen and oxygen atoms in total. The van der Waals surface area contributed by atoms with Crippen molar-refractivity contribution in [1.29, 1.82) is 0 Å². The van der Waals surface area contributed by atoms with Crippen LogP contribution < -0.4 is 0 Å². The highest BCUT2D eigenvalue weighted by molar-refractivity contribution is 5.95. The number of hydrogen-bond acceptors (Lipinski definition) is 9. The summed E-state index contributed by atoms with van der Waals surface area (Å²) < 4.78 is 12.5. The smallest absolute Gasteiger partial charge is 0.343 e. The van der Waals surface area contributed by atoms with Crippen LogP contribution in [0.1, 0.15) is 13.3 Å². The Hall–Kier alpha value is -3.27. The fraction of sp³-hybridized carbons (Fsp3) is 0.267. The number of esters is 4. The van der Waals surface area contributed by atoms with Gasteiger partial charge in [0.15, 0.2) is 6.10 Å². The number of rotatable bonds is 5. The Morgan fingerprint density at radius 2 is 1.88 bits per heavy atom. The summed E-state index contributed by atoms with van der Waals surface area (Å²) in [4.78, 5) is 50.3. The summed E-state index contributed by atoms with van der Waals surface area (Å²) in [5.74, 6) is -3.68. The first-order chi connectivity index (χ1) is 11.6. The van der Waals surface area contributed by atoms with Gasteiger partial charge in [0.05, 0.1) is 12.7 Å². The van der Waals surface area contributed by atoms with Gasteiger partial charge in [0, 0.05) is 19.1 Å². The molecule has 0 radical (unpaired) electrons. The lowest BCUT2D eigenvalue weighted by Crippen LogP contribution is -2.11. The van der Waals surface area contributed by atoms with Crippen molar-refractivity contribution in [2.45, 2.75) is 19.4 Å². The number of carbonyl (C=O) groups is 5. The molecule has 1 saturated heterocycles. The molecule has 0 spiro atoms. The highest BCUT2D eigenvalue weighted by Gasteiger charge is 2.30. The monoisotopic (exact) mass is 358 g/mol. The van der Waals surface area contributed by atoms with Crippen LogP contribution in [0.3, 0.4) is 0 Å². The molecule has 1 atom stereocenters. The number of ether oxygens (including phenoxy) is 3. The minimum absolute atomic E-state index is 0.0861. The molecule has 10 heteroatoms. The first-order valence-corrected chi connectivity index (χ1v) is 6.53. The van der Waals surface area contributed by atoms with Crippen molar-refractivity contribution in [2.75, 3.05) is 6.61 Å². The summed E-state index contributed by atoms with van der Waals surface area (Å²) in [5.41, 5.74) is 0. The minimum atomic E-state index is -1.22.